The van der Waals surface area contributed by atoms with Gasteiger partial charge in [0.2, 0.25) is 0 Å². The first kappa shape index (κ1) is 18.6. The molecule has 0 atom stereocenters. The van der Waals surface area contributed by atoms with Crippen LogP contribution in [0.25, 0.3) is 0 Å². The van der Waals surface area contributed by atoms with Crippen molar-refractivity contribution in [1.82, 2.24) is 4.90 Å². The second-order valence-electron chi connectivity index (χ2n) is 6.86. The molecule has 0 aliphatic carbocycles. The van der Waals surface area contributed by atoms with Gasteiger partial charge in [-0.05, 0) is 67.1 Å². The average Bonchev–Trinajstić information content (AvgIpc) is 2.63. The van der Waals surface area contributed by atoms with Crippen LogP contribution in [-0.4, -0.2) is 38.6 Å². The number of nitrogens with zero attached hydrogens (tertiary/aromatic N) is 1. The first-order valence-corrected chi connectivity index (χ1v) is 10.6. The Labute approximate surface area is 153 Å². The van der Waals surface area contributed by atoms with E-state index >= 15 is 0 Å². The van der Waals surface area contributed by atoms with E-state index in [0.717, 1.165) is 31.1 Å². The van der Waals surface area contributed by atoms with E-state index in [1.54, 1.807) is 12.1 Å². The van der Waals surface area contributed by atoms with Crippen molar-refractivity contribution in [2.24, 2.45) is 5.92 Å². The maximum absolute atomic E-state index is 13.0. The lowest BCUT2D eigenvalue weighted by Gasteiger charge is -2.32. The molecule has 0 radical (unpaired) electrons. The summed E-state index contributed by atoms with van der Waals surface area (Å²) >= 11 is 0. The summed E-state index contributed by atoms with van der Waals surface area (Å²) in [6.45, 7) is 1.36. The van der Waals surface area contributed by atoms with Crippen LogP contribution in [-0.2, 0) is 16.3 Å². The number of rotatable bonds is 4. The molecule has 1 saturated heterocycles. The van der Waals surface area contributed by atoms with Gasteiger partial charge < -0.3 is 4.90 Å². The molecule has 1 aliphatic heterocycles. The van der Waals surface area contributed by atoms with Crippen molar-refractivity contribution in [3.8, 4) is 0 Å². The number of carbonyl (C=O) groups is 1. The van der Waals surface area contributed by atoms with Crippen LogP contribution in [0.1, 0.15) is 28.8 Å². The van der Waals surface area contributed by atoms with Gasteiger partial charge in [-0.3, -0.25) is 4.79 Å². The lowest BCUT2D eigenvalue weighted by Crippen LogP contribution is -2.38. The van der Waals surface area contributed by atoms with Crippen molar-refractivity contribution in [1.29, 1.82) is 0 Å². The summed E-state index contributed by atoms with van der Waals surface area (Å²) in [7, 11) is -3.26. The normalized spacial score (nSPS) is 15.8. The van der Waals surface area contributed by atoms with Gasteiger partial charge in [0, 0.05) is 24.9 Å². The van der Waals surface area contributed by atoms with Crippen LogP contribution in [0.4, 0.5) is 4.39 Å². The molecule has 1 aliphatic rings. The van der Waals surface area contributed by atoms with Crippen molar-refractivity contribution >= 4 is 15.7 Å². The predicted molar refractivity (Wildman–Crippen MR) is 98.3 cm³/mol. The Morgan fingerprint density at radius 1 is 1.04 bits per heavy atom. The van der Waals surface area contributed by atoms with Gasteiger partial charge >= 0.3 is 0 Å². The summed E-state index contributed by atoms with van der Waals surface area (Å²) in [5.41, 5.74) is 1.63. The zero-order chi connectivity index (χ0) is 18.7. The van der Waals surface area contributed by atoms with Gasteiger partial charge in [0.05, 0.1) is 4.90 Å². The fraction of sp³-hybridized carbons (Fsp3) is 0.350. The molecule has 3 rings (SSSR count). The molecule has 0 saturated carbocycles. The van der Waals surface area contributed by atoms with E-state index in [9.17, 15) is 17.6 Å². The van der Waals surface area contributed by atoms with Crippen LogP contribution in [0.15, 0.2) is 53.4 Å². The molecule has 138 valence electrons. The third kappa shape index (κ3) is 4.49. The highest BCUT2D eigenvalue weighted by Gasteiger charge is 2.24. The van der Waals surface area contributed by atoms with Gasteiger partial charge in [-0.25, -0.2) is 12.8 Å². The van der Waals surface area contributed by atoms with Crippen molar-refractivity contribution in [2.75, 3.05) is 19.3 Å². The maximum Gasteiger partial charge on any atom is 0.253 e. The molecule has 2 aromatic rings. The number of amides is 1. The lowest BCUT2D eigenvalue weighted by atomic mass is 9.90. The monoisotopic (exact) mass is 375 g/mol. The molecule has 0 bridgehead atoms. The highest BCUT2D eigenvalue weighted by molar-refractivity contribution is 7.90. The molecule has 0 unspecified atom stereocenters. The minimum atomic E-state index is -3.26. The average molecular weight is 375 g/mol. The van der Waals surface area contributed by atoms with E-state index in [1.165, 1.54) is 24.3 Å². The Morgan fingerprint density at radius 3 is 2.15 bits per heavy atom. The Morgan fingerprint density at radius 2 is 1.62 bits per heavy atom. The van der Waals surface area contributed by atoms with Crippen LogP contribution < -0.4 is 0 Å². The Kier molecular flexibility index (Phi) is 5.41. The van der Waals surface area contributed by atoms with E-state index in [4.69, 9.17) is 0 Å². The zero-order valence-electron chi connectivity index (χ0n) is 14.7. The molecule has 2 aromatic carbocycles. The quantitative estimate of drug-likeness (QED) is 0.824. The third-order valence-corrected chi connectivity index (χ3v) is 6.00. The minimum Gasteiger partial charge on any atom is -0.339 e. The summed E-state index contributed by atoms with van der Waals surface area (Å²) < 4.78 is 36.0. The predicted octanol–water partition coefficient (Wildman–Crippen LogP) is 3.32. The van der Waals surface area contributed by atoms with E-state index in [2.05, 4.69) is 0 Å². The SMILES string of the molecule is CS(=O)(=O)c1ccc(C(=O)N2CCC(Cc3ccc(F)cc3)CC2)cc1. The lowest BCUT2D eigenvalue weighted by molar-refractivity contribution is 0.0690. The maximum atomic E-state index is 13.0. The second-order valence-corrected chi connectivity index (χ2v) is 8.88. The Hall–Kier alpha value is -2.21. The summed E-state index contributed by atoms with van der Waals surface area (Å²) in [6.07, 6.45) is 3.86. The van der Waals surface area contributed by atoms with E-state index in [-0.39, 0.29) is 16.6 Å². The largest absolute Gasteiger partial charge is 0.339 e. The highest BCUT2D eigenvalue weighted by atomic mass is 32.2. The fourth-order valence-electron chi connectivity index (χ4n) is 3.32. The molecule has 4 nitrogen and oxygen atoms in total. The molecular formula is C20H22FNO3S. The van der Waals surface area contributed by atoms with E-state index < -0.39 is 9.84 Å². The van der Waals surface area contributed by atoms with Crippen LogP contribution in [0.5, 0.6) is 0 Å². The van der Waals surface area contributed by atoms with Gasteiger partial charge in [0.25, 0.3) is 5.91 Å². The van der Waals surface area contributed by atoms with Crippen molar-refractivity contribution in [3.05, 3.63) is 65.5 Å². The van der Waals surface area contributed by atoms with E-state index in [0.29, 0.717) is 24.6 Å². The molecule has 1 heterocycles. The minimum absolute atomic E-state index is 0.0646. The fourth-order valence-corrected chi connectivity index (χ4v) is 3.95. The van der Waals surface area contributed by atoms with Crippen LogP contribution >= 0.6 is 0 Å². The van der Waals surface area contributed by atoms with Crippen molar-refractivity contribution < 1.29 is 17.6 Å². The first-order valence-electron chi connectivity index (χ1n) is 8.67. The number of likely N-dealkylation sites (tertiary alicyclic amines) is 1. The second kappa shape index (κ2) is 7.58. The van der Waals surface area contributed by atoms with Crippen LogP contribution in [0.2, 0.25) is 0 Å². The number of sulfone groups is 1. The number of hydrogen-bond donors (Lipinski definition) is 0. The van der Waals surface area contributed by atoms with Crippen LogP contribution in [0, 0.1) is 11.7 Å². The number of carbonyl (C=O) groups excluding carboxylic acids is 1. The molecule has 1 amide bonds. The molecule has 0 N–H and O–H groups in total. The number of piperidine rings is 1. The molecule has 26 heavy (non-hydrogen) atoms. The van der Waals surface area contributed by atoms with Gasteiger partial charge in [-0.15, -0.1) is 0 Å². The highest BCUT2D eigenvalue weighted by Crippen LogP contribution is 2.23. The number of benzene rings is 2. The Bertz CT molecular complexity index is 868. The topological polar surface area (TPSA) is 54.5 Å². The summed E-state index contributed by atoms with van der Waals surface area (Å²) in [5.74, 6) is 0.193. The van der Waals surface area contributed by atoms with Gasteiger partial charge in [-0.1, -0.05) is 12.1 Å². The van der Waals surface area contributed by atoms with Crippen molar-refractivity contribution in [3.63, 3.8) is 0 Å². The number of hydrogen-bond acceptors (Lipinski definition) is 3. The first-order chi connectivity index (χ1) is 12.3. The smallest absolute Gasteiger partial charge is 0.253 e. The summed E-state index contributed by atoms with van der Waals surface area (Å²) in [4.78, 5) is 14.6. The van der Waals surface area contributed by atoms with Gasteiger partial charge in [-0.2, -0.15) is 0 Å². The van der Waals surface area contributed by atoms with Gasteiger partial charge in [0.15, 0.2) is 9.84 Å². The molecular weight excluding hydrogens is 353 g/mol. The van der Waals surface area contributed by atoms with Crippen molar-refractivity contribution in [2.45, 2.75) is 24.2 Å². The molecule has 6 heteroatoms. The zero-order valence-corrected chi connectivity index (χ0v) is 15.5. The third-order valence-electron chi connectivity index (χ3n) is 4.87. The molecule has 0 aromatic heterocycles. The standard InChI is InChI=1S/C20H22FNO3S/c1-26(24,25)19-8-4-17(5-9-19)20(23)22-12-10-16(11-13-22)14-15-2-6-18(21)7-3-15/h2-9,16H,10-14H2,1H3. The Balaban J connectivity index is 1.57. The molecule has 0 spiro atoms. The van der Waals surface area contributed by atoms with Crippen LogP contribution in [0.3, 0.4) is 0 Å². The van der Waals surface area contributed by atoms with Gasteiger partial charge in [0.1, 0.15) is 5.82 Å². The summed E-state index contributed by atoms with van der Waals surface area (Å²) in [5, 5.41) is 0. The van der Waals surface area contributed by atoms with E-state index in [1.807, 2.05) is 17.0 Å². The molecule has 1 fully saturated rings. The summed E-state index contributed by atoms with van der Waals surface area (Å²) in [6, 6.07) is 12.7. The number of halogens is 1.